The maximum atomic E-state index is 12.9. The van der Waals surface area contributed by atoms with E-state index in [1.54, 1.807) is 19.5 Å². The second-order valence-electron chi connectivity index (χ2n) is 11.4. The number of hydrogen-bond acceptors (Lipinski definition) is 7. The average molecular weight is 568 g/mol. The molecule has 1 aliphatic heterocycles. The van der Waals surface area contributed by atoms with Gasteiger partial charge in [0.25, 0.3) is 0 Å². The number of aryl methyl sites for hydroxylation is 3. The van der Waals surface area contributed by atoms with Crippen molar-refractivity contribution in [3.05, 3.63) is 64.3 Å². The number of fused-ring (bicyclic) bond motifs is 1. The first-order valence-corrected chi connectivity index (χ1v) is 16.8. The van der Waals surface area contributed by atoms with Crippen molar-refractivity contribution in [2.24, 2.45) is 0 Å². The Morgan fingerprint density at radius 3 is 2.59 bits per heavy atom. The van der Waals surface area contributed by atoms with Gasteiger partial charge in [0.15, 0.2) is 5.82 Å². The number of morpholine rings is 1. The third-order valence-corrected chi connectivity index (χ3v) is 9.62. The summed E-state index contributed by atoms with van der Waals surface area (Å²) >= 11 is 6.46. The lowest BCUT2D eigenvalue weighted by molar-refractivity contribution is -0.0679. The molecule has 2 aromatic carbocycles. The van der Waals surface area contributed by atoms with Gasteiger partial charge >= 0.3 is 0 Å². The van der Waals surface area contributed by atoms with Gasteiger partial charge in [-0.05, 0) is 95.2 Å². The molecule has 1 saturated heterocycles. The van der Waals surface area contributed by atoms with Crippen molar-refractivity contribution >= 4 is 47.2 Å². The van der Waals surface area contributed by atoms with Crippen LogP contribution in [0.15, 0.2) is 42.6 Å². The van der Waals surface area contributed by atoms with Crippen molar-refractivity contribution in [3.8, 4) is 0 Å². The van der Waals surface area contributed by atoms with Crippen molar-refractivity contribution in [2.75, 3.05) is 37.1 Å². The number of benzene rings is 2. The molecule has 1 aromatic heterocycles. The minimum atomic E-state index is -2.51. The van der Waals surface area contributed by atoms with E-state index >= 15 is 0 Å². The molecule has 0 spiro atoms. The van der Waals surface area contributed by atoms with Gasteiger partial charge in [-0.25, -0.2) is 4.98 Å². The summed E-state index contributed by atoms with van der Waals surface area (Å²) in [4.78, 5) is 11.7. The average Bonchev–Trinajstić information content (AvgIpc) is 3.10. The third-order valence-electron chi connectivity index (χ3n) is 7.81. The fraction of sp³-hybridized carbons (Fsp3) is 0.467. The molecule has 7 nitrogen and oxygen atoms in total. The predicted octanol–water partition coefficient (Wildman–Crippen LogP) is 6.53. The van der Waals surface area contributed by atoms with E-state index in [9.17, 15) is 4.57 Å². The standard InChI is InChI=1S/C30H39ClN5O2P/c1-19-6-13-27(28(14-19)39(4,5)37)34-29-26(31)16-32-30(35-29)33-24-10-7-22-8-11-25(12-9-23(22)15-24)36-17-21(3)38-18-20(36)2/h6-7,10,13-16,20-21,25H,8-9,11-12,17-18H2,1-5H3,(H2,32,33,34,35)/t20-,21-,25+/m0/s1. The van der Waals surface area contributed by atoms with Crippen LogP contribution in [0.1, 0.15) is 43.4 Å². The smallest absolute Gasteiger partial charge is 0.229 e. The summed E-state index contributed by atoms with van der Waals surface area (Å²) in [5, 5.41) is 7.83. The molecule has 5 rings (SSSR count). The molecular weight excluding hydrogens is 529 g/mol. The highest BCUT2D eigenvalue weighted by molar-refractivity contribution is 7.70. The molecule has 39 heavy (non-hydrogen) atoms. The fourth-order valence-electron chi connectivity index (χ4n) is 5.70. The van der Waals surface area contributed by atoms with E-state index in [4.69, 9.17) is 16.3 Å². The maximum absolute atomic E-state index is 12.9. The summed E-state index contributed by atoms with van der Waals surface area (Å²) in [5.74, 6) is 0.925. The summed E-state index contributed by atoms with van der Waals surface area (Å²) in [5.41, 5.74) is 5.56. The van der Waals surface area contributed by atoms with Crippen LogP contribution in [0.4, 0.5) is 23.1 Å². The van der Waals surface area contributed by atoms with Crippen LogP contribution in [0.3, 0.4) is 0 Å². The maximum Gasteiger partial charge on any atom is 0.229 e. The van der Waals surface area contributed by atoms with Gasteiger partial charge in [0, 0.05) is 29.6 Å². The molecule has 1 fully saturated rings. The van der Waals surface area contributed by atoms with Crippen LogP contribution in [0, 0.1) is 6.92 Å². The van der Waals surface area contributed by atoms with E-state index in [0.29, 0.717) is 35.0 Å². The minimum Gasteiger partial charge on any atom is -0.376 e. The van der Waals surface area contributed by atoms with E-state index < -0.39 is 7.14 Å². The topological polar surface area (TPSA) is 79.4 Å². The SMILES string of the molecule is Cc1ccc(Nc2nc(Nc3ccc4c(c3)CC[C@H](N3C[C@H](C)OC[C@@H]3C)CC4)ncc2Cl)c(P(C)(C)=O)c1. The van der Waals surface area contributed by atoms with E-state index in [-0.39, 0.29) is 0 Å². The van der Waals surface area contributed by atoms with Crippen molar-refractivity contribution in [3.63, 3.8) is 0 Å². The fourth-order valence-corrected chi connectivity index (χ4v) is 7.07. The van der Waals surface area contributed by atoms with Gasteiger partial charge in [-0.3, -0.25) is 4.90 Å². The number of hydrogen-bond donors (Lipinski definition) is 2. The molecule has 2 N–H and O–H groups in total. The van der Waals surface area contributed by atoms with Gasteiger partial charge in [-0.1, -0.05) is 29.3 Å². The summed E-state index contributed by atoms with van der Waals surface area (Å²) in [6.07, 6.45) is 6.34. The van der Waals surface area contributed by atoms with Crippen LogP contribution in [0.25, 0.3) is 0 Å². The predicted molar refractivity (Wildman–Crippen MR) is 162 cm³/mol. The Morgan fingerprint density at radius 1 is 1.05 bits per heavy atom. The largest absolute Gasteiger partial charge is 0.376 e. The first kappa shape index (κ1) is 28.1. The van der Waals surface area contributed by atoms with E-state index in [1.165, 1.54) is 17.5 Å². The molecule has 2 aliphatic rings. The molecule has 1 aliphatic carbocycles. The number of halogens is 1. The Hall–Kier alpha value is -2.44. The number of nitrogens with one attached hydrogen (secondary N) is 2. The summed E-state index contributed by atoms with van der Waals surface area (Å²) in [7, 11) is -2.51. The quantitative estimate of drug-likeness (QED) is 0.259. The van der Waals surface area contributed by atoms with Crippen molar-refractivity contribution in [1.82, 2.24) is 14.9 Å². The van der Waals surface area contributed by atoms with Gasteiger partial charge < -0.3 is 19.9 Å². The Labute approximate surface area is 237 Å². The van der Waals surface area contributed by atoms with Gasteiger partial charge in [0.1, 0.15) is 12.2 Å². The summed E-state index contributed by atoms with van der Waals surface area (Å²) in [6.45, 7) is 11.8. The number of ether oxygens (including phenoxy) is 1. The highest BCUT2D eigenvalue weighted by Gasteiger charge is 2.30. The monoisotopic (exact) mass is 567 g/mol. The van der Waals surface area contributed by atoms with Crippen molar-refractivity contribution in [2.45, 2.75) is 64.6 Å². The van der Waals surface area contributed by atoms with E-state index in [0.717, 1.165) is 54.7 Å². The zero-order valence-electron chi connectivity index (χ0n) is 23.5. The van der Waals surface area contributed by atoms with Crippen LogP contribution >= 0.6 is 18.7 Å². The van der Waals surface area contributed by atoms with Crippen LogP contribution in [-0.4, -0.2) is 59.5 Å². The lowest BCUT2D eigenvalue weighted by Crippen LogP contribution is -2.52. The van der Waals surface area contributed by atoms with E-state index in [1.807, 2.05) is 25.1 Å². The highest BCUT2D eigenvalue weighted by atomic mass is 35.5. The van der Waals surface area contributed by atoms with Crippen LogP contribution in [0.2, 0.25) is 5.02 Å². The molecule has 0 amide bonds. The Balaban J connectivity index is 1.31. The molecule has 3 atom stereocenters. The van der Waals surface area contributed by atoms with Gasteiger partial charge in [-0.15, -0.1) is 0 Å². The molecule has 2 heterocycles. The number of anilines is 4. The molecule has 3 aromatic rings. The van der Waals surface area contributed by atoms with E-state index in [2.05, 4.69) is 57.5 Å². The normalized spacial score (nSPS) is 22.2. The highest BCUT2D eigenvalue weighted by Crippen LogP contribution is 2.39. The lowest BCUT2D eigenvalue weighted by atomic mass is 10.0. The molecule has 0 bridgehead atoms. The number of aromatic nitrogens is 2. The third kappa shape index (κ3) is 6.66. The molecule has 0 unspecified atom stereocenters. The first-order valence-electron chi connectivity index (χ1n) is 13.8. The first-order chi connectivity index (χ1) is 18.6. The van der Waals surface area contributed by atoms with Crippen molar-refractivity contribution < 1.29 is 9.30 Å². The van der Waals surface area contributed by atoms with Gasteiger partial charge in [0.2, 0.25) is 5.95 Å². The summed E-state index contributed by atoms with van der Waals surface area (Å²) < 4.78 is 18.8. The Bertz CT molecular complexity index is 1390. The van der Waals surface area contributed by atoms with Gasteiger partial charge in [0.05, 0.1) is 24.6 Å². The zero-order valence-corrected chi connectivity index (χ0v) is 25.1. The number of nitrogens with zero attached hydrogens (tertiary/aromatic N) is 3. The zero-order chi connectivity index (χ0) is 27.7. The number of rotatable bonds is 6. The minimum absolute atomic E-state index is 0.299. The van der Waals surface area contributed by atoms with Crippen LogP contribution < -0.4 is 15.9 Å². The van der Waals surface area contributed by atoms with Crippen molar-refractivity contribution in [1.29, 1.82) is 0 Å². The molecule has 0 radical (unpaired) electrons. The van der Waals surface area contributed by atoms with Crippen LogP contribution in [0.5, 0.6) is 0 Å². The molecular formula is C30H39ClN5O2P. The molecule has 9 heteroatoms. The van der Waals surface area contributed by atoms with Crippen LogP contribution in [-0.2, 0) is 22.1 Å². The Kier molecular flexibility index (Phi) is 8.34. The second kappa shape index (κ2) is 11.6. The molecule has 0 saturated carbocycles. The molecule has 208 valence electrons. The lowest BCUT2D eigenvalue weighted by Gasteiger charge is -2.41. The summed E-state index contributed by atoms with van der Waals surface area (Å²) in [6, 6.07) is 13.5. The Morgan fingerprint density at radius 2 is 1.82 bits per heavy atom. The second-order valence-corrected chi connectivity index (χ2v) is 15.0. The van der Waals surface area contributed by atoms with Gasteiger partial charge in [-0.2, -0.15) is 4.98 Å².